The van der Waals surface area contributed by atoms with Gasteiger partial charge in [-0.15, -0.1) is 0 Å². The van der Waals surface area contributed by atoms with E-state index in [0.717, 1.165) is 19.0 Å². The number of Topliss-reactive ketones (excluding diaryl/α,β-unsaturated/α-hetero) is 1. The molecule has 0 bridgehead atoms. The van der Waals surface area contributed by atoms with Gasteiger partial charge in [0.25, 0.3) is 0 Å². The maximum absolute atomic E-state index is 11.8. The van der Waals surface area contributed by atoms with Crippen LogP contribution in [0.25, 0.3) is 0 Å². The second-order valence-corrected chi connectivity index (χ2v) is 5.80. The number of ketones is 1. The average Bonchev–Trinajstić information content (AvgIpc) is 2.17. The molecule has 0 aliphatic carbocycles. The van der Waals surface area contributed by atoms with Crippen molar-refractivity contribution in [3.05, 3.63) is 0 Å². The number of rotatable bonds is 3. The first-order valence-corrected chi connectivity index (χ1v) is 6.19. The van der Waals surface area contributed by atoms with Gasteiger partial charge in [-0.3, -0.25) is 9.69 Å². The van der Waals surface area contributed by atoms with Crippen molar-refractivity contribution >= 4 is 5.78 Å². The Kier molecular flexibility index (Phi) is 4.32. The number of nitrogens with zero attached hydrogens (tertiary/aromatic N) is 1. The summed E-state index contributed by atoms with van der Waals surface area (Å²) < 4.78 is 0. The van der Waals surface area contributed by atoms with Crippen molar-refractivity contribution in [3.63, 3.8) is 0 Å². The van der Waals surface area contributed by atoms with Crippen molar-refractivity contribution in [1.82, 2.24) is 4.90 Å². The molecule has 0 spiro atoms. The fourth-order valence-corrected chi connectivity index (χ4v) is 1.99. The molecule has 0 amide bonds. The number of likely N-dealkylation sites (tertiary alicyclic amines) is 1. The minimum atomic E-state index is -0.179. The molecule has 0 aromatic rings. The van der Waals surface area contributed by atoms with Gasteiger partial charge >= 0.3 is 0 Å². The van der Waals surface area contributed by atoms with Crippen molar-refractivity contribution in [3.8, 4) is 0 Å². The second-order valence-electron chi connectivity index (χ2n) is 5.80. The van der Waals surface area contributed by atoms with Crippen LogP contribution >= 0.6 is 0 Å². The minimum Gasteiger partial charge on any atom is -0.298 e. The van der Waals surface area contributed by atoms with Crippen LogP contribution in [0.5, 0.6) is 0 Å². The van der Waals surface area contributed by atoms with Crippen LogP contribution in [0.2, 0.25) is 0 Å². The first kappa shape index (κ1) is 12.7. The van der Waals surface area contributed by atoms with E-state index in [4.69, 9.17) is 0 Å². The Morgan fingerprint density at radius 2 is 1.80 bits per heavy atom. The van der Waals surface area contributed by atoms with E-state index in [-0.39, 0.29) is 5.41 Å². The van der Waals surface area contributed by atoms with E-state index in [2.05, 4.69) is 11.8 Å². The van der Waals surface area contributed by atoms with Crippen LogP contribution in [0.1, 0.15) is 47.0 Å². The van der Waals surface area contributed by atoms with E-state index >= 15 is 0 Å². The minimum absolute atomic E-state index is 0.179. The molecule has 1 heterocycles. The summed E-state index contributed by atoms with van der Waals surface area (Å²) in [6.45, 7) is 11.2. The molecule has 1 saturated heterocycles. The topological polar surface area (TPSA) is 20.3 Å². The lowest BCUT2D eigenvalue weighted by atomic mass is 9.89. The largest absolute Gasteiger partial charge is 0.298 e. The maximum atomic E-state index is 11.8. The summed E-state index contributed by atoms with van der Waals surface area (Å²) in [5.74, 6) is 1.27. The fraction of sp³-hybridized carbons (Fsp3) is 0.923. The fourth-order valence-electron chi connectivity index (χ4n) is 1.99. The Morgan fingerprint density at radius 1 is 1.27 bits per heavy atom. The van der Waals surface area contributed by atoms with E-state index in [0.29, 0.717) is 12.3 Å². The number of carbonyl (C=O) groups excluding carboxylic acids is 1. The number of piperidine rings is 1. The van der Waals surface area contributed by atoms with Gasteiger partial charge in [0.1, 0.15) is 0 Å². The molecule has 1 aliphatic heterocycles. The molecule has 0 unspecified atom stereocenters. The van der Waals surface area contributed by atoms with Gasteiger partial charge < -0.3 is 0 Å². The standard InChI is InChI=1S/C13H25NO/c1-5-11-6-8-14(9-7-11)10-12(15)13(2,3)4/h11H,5-10H2,1-4H3. The lowest BCUT2D eigenvalue weighted by Crippen LogP contribution is -2.40. The molecule has 0 saturated carbocycles. The van der Waals surface area contributed by atoms with E-state index in [1.807, 2.05) is 20.8 Å². The molecule has 15 heavy (non-hydrogen) atoms. The van der Waals surface area contributed by atoms with Crippen molar-refractivity contribution < 1.29 is 4.79 Å². The molecule has 0 atom stereocenters. The summed E-state index contributed by atoms with van der Waals surface area (Å²) in [4.78, 5) is 14.2. The zero-order valence-electron chi connectivity index (χ0n) is 10.7. The zero-order valence-corrected chi connectivity index (χ0v) is 10.7. The van der Waals surface area contributed by atoms with Crippen LogP contribution < -0.4 is 0 Å². The molecule has 0 aromatic heterocycles. The molecule has 1 rings (SSSR count). The van der Waals surface area contributed by atoms with Crippen LogP contribution in [0.4, 0.5) is 0 Å². The third-order valence-corrected chi connectivity index (χ3v) is 3.49. The van der Waals surface area contributed by atoms with Gasteiger partial charge in [-0.25, -0.2) is 0 Å². The van der Waals surface area contributed by atoms with Crippen LogP contribution in [-0.2, 0) is 4.79 Å². The molecular weight excluding hydrogens is 186 g/mol. The van der Waals surface area contributed by atoms with Gasteiger partial charge in [0, 0.05) is 5.41 Å². The molecular formula is C13H25NO. The van der Waals surface area contributed by atoms with Gasteiger partial charge in [-0.1, -0.05) is 34.1 Å². The first-order valence-electron chi connectivity index (χ1n) is 6.19. The molecule has 0 radical (unpaired) electrons. The van der Waals surface area contributed by atoms with Crippen LogP contribution in [-0.4, -0.2) is 30.3 Å². The lowest BCUT2D eigenvalue weighted by Gasteiger charge is -2.32. The molecule has 1 aliphatic rings. The number of carbonyl (C=O) groups is 1. The highest BCUT2D eigenvalue weighted by atomic mass is 16.1. The van der Waals surface area contributed by atoms with Crippen molar-refractivity contribution in [2.75, 3.05) is 19.6 Å². The van der Waals surface area contributed by atoms with E-state index < -0.39 is 0 Å². The van der Waals surface area contributed by atoms with Crippen molar-refractivity contribution in [2.24, 2.45) is 11.3 Å². The van der Waals surface area contributed by atoms with Gasteiger partial charge in [0.05, 0.1) is 6.54 Å². The molecule has 2 heteroatoms. The van der Waals surface area contributed by atoms with E-state index in [9.17, 15) is 4.79 Å². The van der Waals surface area contributed by atoms with Crippen molar-refractivity contribution in [1.29, 1.82) is 0 Å². The van der Waals surface area contributed by atoms with Crippen LogP contribution in [0.15, 0.2) is 0 Å². The van der Waals surface area contributed by atoms with Crippen LogP contribution in [0, 0.1) is 11.3 Å². The Balaban J connectivity index is 2.33. The van der Waals surface area contributed by atoms with E-state index in [1.165, 1.54) is 19.3 Å². The Labute approximate surface area is 94.0 Å². The third kappa shape index (κ3) is 3.94. The molecule has 0 N–H and O–H groups in total. The van der Waals surface area contributed by atoms with E-state index in [1.54, 1.807) is 0 Å². The summed E-state index contributed by atoms with van der Waals surface area (Å²) in [5.41, 5.74) is -0.179. The lowest BCUT2D eigenvalue weighted by molar-refractivity contribution is -0.127. The number of hydrogen-bond donors (Lipinski definition) is 0. The highest BCUT2D eigenvalue weighted by molar-refractivity contribution is 5.85. The summed E-state index contributed by atoms with van der Waals surface area (Å²) in [6, 6.07) is 0. The highest BCUT2D eigenvalue weighted by Crippen LogP contribution is 2.21. The monoisotopic (exact) mass is 211 g/mol. The van der Waals surface area contributed by atoms with Crippen LogP contribution in [0.3, 0.4) is 0 Å². The molecule has 0 aromatic carbocycles. The normalized spacial score (nSPS) is 20.5. The number of hydrogen-bond acceptors (Lipinski definition) is 2. The van der Waals surface area contributed by atoms with Gasteiger partial charge in [0.2, 0.25) is 0 Å². The third-order valence-electron chi connectivity index (χ3n) is 3.49. The summed E-state index contributed by atoms with van der Waals surface area (Å²) in [6.07, 6.45) is 3.84. The molecule has 88 valence electrons. The maximum Gasteiger partial charge on any atom is 0.152 e. The molecule has 2 nitrogen and oxygen atoms in total. The second kappa shape index (κ2) is 5.11. The first-order chi connectivity index (χ1) is 6.93. The Morgan fingerprint density at radius 3 is 2.20 bits per heavy atom. The Bertz CT molecular complexity index is 209. The van der Waals surface area contributed by atoms with Crippen molar-refractivity contribution in [2.45, 2.75) is 47.0 Å². The highest BCUT2D eigenvalue weighted by Gasteiger charge is 2.25. The summed E-state index contributed by atoms with van der Waals surface area (Å²) in [7, 11) is 0. The predicted molar refractivity (Wildman–Crippen MR) is 63.9 cm³/mol. The summed E-state index contributed by atoms with van der Waals surface area (Å²) >= 11 is 0. The zero-order chi connectivity index (χ0) is 11.5. The SMILES string of the molecule is CCC1CCN(CC(=O)C(C)(C)C)CC1. The van der Waals surface area contributed by atoms with Gasteiger partial charge in [-0.05, 0) is 31.8 Å². The molecule has 1 fully saturated rings. The Hall–Kier alpha value is -0.370. The predicted octanol–water partition coefficient (Wildman–Crippen LogP) is 2.72. The quantitative estimate of drug-likeness (QED) is 0.715. The summed E-state index contributed by atoms with van der Waals surface area (Å²) in [5, 5.41) is 0. The smallest absolute Gasteiger partial charge is 0.152 e. The average molecular weight is 211 g/mol. The van der Waals surface area contributed by atoms with Gasteiger partial charge in [-0.2, -0.15) is 0 Å². The van der Waals surface area contributed by atoms with Gasteiger partial charge in [0.15, 0.2) is 5.78 Å².